The van der Waals surface area contributed by atoms with Gasteiger partial charge in [-0.15, -0.1) is 0 Å². The summed E-state index contributed by atoms with van der Waals surface area (Å²) in [6.45, 7) is 10.5. The number of carbonyl (C=O) groups excluding carboxylic acids is 1. The van der Waals surface area contributed by atoms with Crippen molar-refractivity contribution in [2.24, 2.45) is 4.99 Å². The summed E-state index contributed by atoms with van der Waals surface area (Å²) in [4.78, 5) is 26.3. The largest absolute Gasteiger partial charge is 0.358 e. The van der Waals surface area contributed by atoms with Crippen molar-refractivity contribution in [3.63, 3.8) is 0 Å². The fourth-order valence-corrected chi connectivity index (χ4v) is 4.07. The molecule has 0 aliphatic carbocycles. The van der Waals surface area contributed by atoms with Crippen LogP contribution in [0.15, 0.2) is 47.2 Å². The van der Waals surface area contributed by atoms with Gasteiger partial charge in [-0.25, -0.2) is 4.99 Å². The predicted molar refractivity (Wildman–Crippen MR) is 121 cm³/mol. The number of amidine groups is 1. The van der Waals surface area contributed by atoms with E-state index >= 15 is 0 Å². The van der Waals surface area contributed by atoms with Crippen molar-refractivity contribution in [1.29, 1.82) is 0 Å². The Bertz CT molecular complexity index is 853. The fourth-order valence-electron chi connectivity index (χ4n) is 4.07. The summed E-state index contributed by atoms with van der Waals surface area (Å²) in [7, 11) is 2.10. The highest BCUT2D eigenvalue weighted by molar-refractivity contribution is 6.00. The lowest BCUT2D eigenvalue weighted by Gasteiger charge is -2.36. The summed E-state index contributed by atoms with van der Waals surface area (Å²) in [6, 6.07) is 7.87. The molecule has 7 heteroatoms. The number of fused-ring (bicyclic) bond motifs is 1. The van der Waals surface area contributed by atoms with E-state index in [0.717, 1.165) is 62.9 Å². The van der Waals surface area contributed by atoms with Gasteiger partial charge in [0.25, 0.3) is 5.91 Å². The molecule has 3 aliphatic heterocycles. The minimum atomic E-state index is -0.0146. The first kappa shape index (κ1) is 20.5. The van der Waals surface area contributed by atoms with Crippen LogP contribution in [0.1, 0.15) is 29.8 Å². The van der Waals surface area contributed by atoms with Crippen molar-refractivity contribution in [2.75, 3.05) is 53.0 Å². The van der Waals surface area contributed by atoms with Gasteiger partial charge in [0.2, 0.25) is 0 Å². The van der Waals surface area contributed by atoms with Crippen molar-refractivity contribution in [3.05, 3.63) is 53.4 Å². The van der Waals surface area contributed by atoms with Crippen LogP contribution >= 0.6 is 0 Å². The summed E-state index contributed by atoms with van der Waals surface area (Å²) in [5.74, 6) is 1.20. The second kappa shape index (κ2) is 8.92. The van der Waals surface area contributed by atoms with Gasteiger partial charge in [0, 0.05) is 58.1 Å². The lowest BCUT2D eigenvalue weighted by molar-refractivity contribution is 0.0736. The lowest BCUT2D eigenvalue weighted by atomic mass is 10.1. The van der Waals surface area contributed by atoms with E-state index in [1.807, 2.05) is 29.2 Å². The van der Waals surface area contributed by atoms with Gasteiger partial charge in [-0.1, -0.05) is 18.2 Å². The first-order valence-electron chi connectivity index (χ1n) is 10.9. The average Bonchev–Trinajstić information content (AvgIpc) is 3.13. The Morgan fingerprint density at radius 1 is 1.17 bits per heavy atom. The van der Waals surface area contributed by atoms with E-state index < -0.39 is 0 Å². The van der Waals surface area contributed by atoms with Gasteiger partial charge < -0.3 is 24.9 Å². The molecule has 0 aromatic heterocycles. The number of carbonyl (C=O) groups is 1. The van der Waals surface area contributed by atoms with Gasteiger partial charge in [0.1, 0.15) is 6.17 Å². The highest BCUT2D eigenvalue weighted by atomic mass is 16.2. The molecule has 1 aromatic rings. The monoisotopic (exact) mass is 408 g/mol. The molecule has 0 bridgehead atoms. The molecule has 7 nitrogen and oxygen atoms in total. The second-order valence-corrected chi connectivity index (χ2v) is 7.92. The highest BCUT2D eigenvalue weighted by Gasteiger charge is 2.33. The Morgan fingerprint density at radius 2 is 1.90 bits per heavy atom. The van der Waals surface area contributed by atoms with Crippen molar-refractivity contribution in [3.8, 4) is 0 Å². The van der Waals surface area contributed by atoms with Crippen molar-refractivity contribution in [1.82, 2.24) is 24.9 Å². The molecule has 1 fully saturated rings. The Hall–Kier alpha value is -2.80. The number of hydrogen-bond donors (Lipinski definition) is 1. The Kier molecular flexibility index (Phi) is 6.08. The van der Waals surface area contributed by atoms with E-state index in [4.69, 9.17) is 4.99 Å². The number of nitrogens with one attached hydrogen (secondary N) is 1. The van der Waals surface area contributed by atoms with E-state index in [0.29, 0.717) is 0 Å². The molecular weight excluding hydrogens is 376 g/mol. The summed E-state index contributed by atoms with van der Waals surface area (Å²) in [6.07, 6.45) is 6.42. The molecule has 160 valence electrons. The standard InChI is InChI=1S/C23H32N6O/c1-4-27-16-20-22(28(5-2)17-27)25-21(26(20)3)11-8-18-6-9-19(10-7-18)23(30)29-14-12-24-13-15-29/h6-11,16,21,24H,4-5,12-15,17H2,1-3H3/b11-8+. The second-order valence-electron chi connectivity index (χ2n) is 7.92. The third kappa shape index (κ3) is 4.07. The Morgan fingerprint density at radius 3 is 2.57 bits per heavy atom. The Labute approximate surface area is 179 Å². The number of benzene rings is 1. The molecule has 0 saturated carbocycles. The SMILES string of the molecule is CCN1C=C2C(=NC(/C=C/c3ccc(C(=O)N4CCNCC4)cc3)N2C)N(CC)C1. The van der Waals surface area contributed by atoms with E-state index in [9.17, 15) is 4.79 Å². The summed E-state index contributed by atoms with van der Waals surface area (Å²) in [5.41, 5.74) is 3.00. The maximum absolute atomic E-state index is 12.6. The molecule has 1 aromatic carbocycles. The van der Waals surface area contributed by atoms with Gasteiger partial charge in [0.15, 0.2) is 5.84 Å². The van der Waals surface area contributed by atoms with Crippen molar-refractivity contribution in [2.45, 2.75) is 20.0 Å². The maximum atomic E-state index is 12.6. The molecule has 0 spiro atoms. The van der Waals surface area contributed by atoms with Crippen LogP contribution in [0.2, 0.25) is 0 Å². The zero-order chi connectivity index (χ0) is 21.1. The van der Waals surface area contributed by atoms with Crippen LogP contribution < -0.4 is 5.32 Å². The molecule has 3 heterocycles. The van der Waals surface area contributed by atoms with E-state index in [-0.39, 0.29) is 12.1 Å². The molecule has 1 N–H and O–H groups in total. The number of nitrogens with zero attached hydrogens (tertiary/aromatic N) is 5. The molecule has 1 unspecified atom stereocenters. The van der Waals surface area contributed by atoms with Crippen LogP contribution in [0.3, 0.4) is 0 Å². The summed E-state index contributed by atoms with van der Waals surface area (Å²) < 4.78 is 0. The molecule has 0 radical (unpaired) electrons. The van der Waals surface area contributed by atoms with Crippen LogP contribution in [0.4, 0.5) is 0 Å². The smallest absolute Gasteiger partial charge is 0.253 e. The third-order valence-corrected chi connectivity index (χ3v) is 6.03. The number of aliphatic imine (C=N–C) groups is 1. The first-order valence-corrected chi connectivity index (χ1v) is 10.9. The lowest BCUT2D eigenvalue weighted by Crippen LogP contribution is -2.46. The molecule has 1 atom stereocenters. The molecule has 4 rings (SSSR count). The van der Waals surface area contributed by atoms with Gasteiger partial charge in [-0.3, -0.25) is 4.79 Å². The fraction of sp³-hybridized carbons (Fsp3) is 0.478. The van der Waals surface area contributed by atoms with Crippen LogP contribution in [0, 0.1) is 0 Å². The van der Waals surface area contributed by atoms with E-state index in [1.54, 1.807) is 0 Å². The van der Waals surface area contributed by atoms with Crippen molar-refractivity contribution >= 4 is 17.8 Å². The minimum Gasteiger partial charge on any atom is -0.358 e. The number of rotatable bonds is 5. The van der Waals surface area contributed by atoms with Gasteiger partial charge >= 0.3 is 0 Å². The van der Waals surface area contributed by atoms with Gasteiger partial charge in [0.05, 0.1) is 12.4 Å². The Balaban J connectivity index is 1.45. The van der Waals surface area contributed by atoms with E-state index in [2.05, 4.69) is 59.3 Å². The average molecular weight is 409 g/mol. The quantitative estimate of drug-likeness (QED) is 0.806. The van der Waals surface area contributed by atoms with Crippen LogP contribution in [-0.2, 0) is 0 Å². The number of hydrogen-bond acceptors (Lipinski definition) is 6. The van der Waals surface area contributed by atoms with Crippen molar-refractivity contribution < 1.29 is 4.79 Å². The first-order chi connectivity index (χ1) is 14.6. The molecule has 1 amide bonds. The molecular formula is C23H32N6O. The zero-order valence-electron chi connectivity index (χ0n) is 18.2. The minimum absolute atomic E-state index is 0.0146. The number of amides is 1. The highest BCUT2D eigenvalue weighted by Crippen LogP contribution is 2.26. The van der Waals surface area contributed by atoms with Gasteiger partial charge in [-0.2, -0.15) is 0 Å². The van der Waals surface area contributed by atoms with Crippen LogP contribution in [0.5, 0.6) is 0 Å². The van der Waals surface area contributed by atoms with E-state index in [1.165, 1.54) is 5.70 Å². The normalized spacial score (nSPS) is 21.8. The summed E-state index contributed by atoms with van der Waals surface area (Å²) in [5, 5.41) is 3.28. The predicted octanol–water partition coefficient (Wildman–Crippen LogP) is 1.87. The van der Waals surface area contributed by atoms with Crippen LogP contribution in [0.25, 0.3) is 6.08 Å². The summed E-state index contributed by atoms with van der Waals surface area (Å²) >= 11 is 0. The molecule has 30 heavy (non-hydrogen) atoms. The number of piperazine rings is 1. The van der Waals surface area contributed by atoms with Gasteiger partial charge in [-0.05, 0) is 37.6 Å². The molecule has 1 saturated heterocycles. The third-order valence-electron chi connectivity index (χ3n) is 6.03. The van der Waals surface area contributed by atoms with Crippen LogP contribution in [-0.4, -0.2) is 90.5 Å². The maximum Gasteiger partial charge on any atom is 0.253 e. The topological polar surface area (TPSA) is 54.4 Å². The molecule has 3 aliphatic rings. The number of likely N-dealkylation sites (N-methyl/N-ethyl adjacent to an activating group) is 2. The zero-order valence-corrected chi connectivity index (χ0v) is 18.2.